The van der Waals surface area contributed by atoms with Crippen LogP contribution in [-0.2, 0) is 13.1 Å². The van der Waals surface area contributed by atoms with Crippen molar-refractivity contribution < 1.29 is 0 Å². The molecule has 0 aliphatic rings. The van der Waals surface area contributed by atoms with Crippen LogP contribution in [0.15, 0.2) is 29.1 Å². The molecular formula is C18H24N8O. The van der Waals surface area contributed by atoms with E-state index in [0.717, 1.165) is 0 Å². The summed E-state index contributed by atoms with van der Waals surface area (Å²) in [4.78, 5) is 36.5. The van der Waals surface area contributed by atoms with Crippen LogP contribution in [0.25, 0.3) is 10.9 Å². The van der Waals surface area contributed by atoms with Gasteiger partial charge < -0.3 is 15.6 Å². The Labute approximate surface area is 157 Å². The standard InChI is InChI=1S/C18H24N8O/c1-11(2)26(10-15-22-17(19)24-18(23-15)25(3)4)9-14-20-13-8-6-5-7-12(13)16(27)21-14/h5-8,11H,9-10H2,1-4H3,(H,20,21,27)(H2,19,22,23,24). The Balaban J connectivity index is 1.88. The Morgan fingerprint density at radius 2 is 1.81 bits per heavy atom. The third kappa shape index (κ3) is 4.37. The van der Waals surface area contributed by atoms with E-state index in [0.29, 0.717) is 41.6 Å². The number of rotatable bonds is 6. The maximum atomic E-state index is 12.3. The minimum Gasteiger partial charge on any atom is -0.368 e. The molecule has 0 bridgehead atoms. The summed E-state index contributed by atoms with van der Waals surface area (Å²) in [6, 6.07) is 7.48. The fourth-order valence-corrected chi connectivity index (χ4v) is 2.70. The van der Waals surface area contributed by atoms with Crippen molar-refractivity contribution in [1.29, 1.82) is 0 Å². The largest absolute Gasteiger partial charge is 0.368 e. The molecule has 0 atom stereocenters. The zero-order valence-electron chi connectivity index (χ0n) is 16.0. The molecule has 2 aromatic heterocycles. The predicted octanol–water partition coefficient (Wildman–Crippen LogP) is 1.17. The van der Waals surface area contributed by atoms with E-state index in [4.69, 9.17) is 5.73 Å². The van der Waals surface area contributed by atoms with E-state index < -0.39 is 0 Å². The molecule has 27 heavy (non-hydrogen) atoms. The van der Waals surface area contributed by atoms with Gasteiger partial charge in [0.05, 0.1) is 24.0 Å². The maximum Gasteiger partial charge on any atom is 0.258 e. The highest BCUT2D eigenvalue weighted by Crippen LogP contribution is 2.13. The highest BCUT2D eigenvalue weighted by molar-refractivity contribution is 5.77. The minimum absolute atomic E-state index is 0.140. The zero-order chi connectivity index (χ0) is 19.6. The molecular weight excluding hydrogens is 344 g/mol. The maximum absolute atomic E-state index is 12.3. The number of fused-ring (bicyclic) bond motifs is 1. The van der Waals surface area contributed by atoms with E-state index in [1.54, 1.807) is 11.0 Å². The third-order valence-electron chi connectivity index (χ3n) is 4.18. The number of aromatic amines is 1. The van der Waals surface area contributed by atoms with Gasteiger partial charge in [-0.15, -0.1) is 0 Å². The topological polar surface area (TPSA) is 117 Å². The summed E-state index contributed by atoms with van der Waals surface area (Å²) in [5.74, 6) is 1.87. The molecule has 3 aromatic rings. The molecule has 0 saturated heterocycles. The highest BCUT2D eigenvalue weighted by atomic mass is 16.1. The normalized spacial score (nSPS) is 11.5. The number of nitrogen functional groups attached to an aromatic ring is 1. The lowest BCUT2D eigenvalue weighted by molar-refractivity contribution is 0.193. The van der Waals surface area contributed by atoms with Gasteiger partial charge in [-0.05, 0) is 26.0 Å². The number of hydrogen-bond donors (Lipinski definition) is 2. The Hall–Kier alpha value is -3.07. The molecule has 0 aliphatic carbocycles. The molecule has 2 heterocycles. The molecule has 0 radical (unpaired) electrons. The zero-order valence-corrected chi connectivity index (χ0v) is 16.0. The van der Waals surface area contributed by atoms with Gasteiger partial charge in [0.2, 0.25) is 11.9 Å². The molecule has 0 fully saturated rings. The molecule has 142 valence electrons. The van der Waals surface area contributed by atoms with E-state index in [1.165, 1.54) is 0 Å². The highest BCUT2D eigenvalue weighted by Gasteiger charge is 2.16. The van der Waals surface area contributed by atoms with Crippen LogP contribution in [-0.4, -0.2) is 50.0 Å². The number of nitrogens with two attached hydrogens (primary N) is 1. The number of H-pyrrole nitrogens is 1. The van der Waals surface area contributed by atoms with E-state index in [-0.39, 0.29) is 17.5 Å². The summed E-state index contributed by atoms with van der Waals surface area (Å²) >= 11 is 0. The van der Waals surface area contributed by atoms with Gasteiger partial charge >= 0.3 is 0 Å². The van der Waals surface area contributed by atoms with Crippen molar-refractivity contribution in [2.24, 2.45) is 0 Å². The van der Waals surface area contributed by atoms with Crippen molar-refractivity contribution >= 4 is 22.8 Å². The van der Waals surface area contributed by atoms with Gasteiger partial charge in [0.1, 0.15) is 11.6 Å². The first kappa shape index (κ1) is 18.7. The Morgan fingerprint density at radius 1 is 1.07 bits per heavy atom. The van der Waals surface area contributed by atoms with Crippen LogP contribution >= 0.6 is 0 Å². The molecule has 9 nitrogen and oxygen atoms in total. The minimum atomic E-state index is -0.140. The van der Waals surface area contributed by atoms with Crippen LogP contribution in [0.2, 0.25) is 0 Å². The first-order chi connectivity index (χ1) is 12.8. The van der Waals surface area contributed by atoms with Gasteiger partial charge in [0.25, 0.3) is 5.56 Å². The molecule has 3 rings (SSSR count). The SMILES string of the molecule is CC(C)N(Cc1nc(N)nc(N(C)C)n1)Cc1nc2ccccc2c(=O)[nH]1. The van der Waals surface area contributed by atoms with Crippen LogP contribution in [0.4, 0.5) is 11.9 Å². The summed E-state index contributed by atoms with van der Waals surface area (Å²) in [7, 11) is 3.70. The van der Waals surface area contributed by atoms with Gasteiger partial charge in [0.15, 0.2) is 0 Å². The lowest BCUT2D eigenvalue weighted by atomic mass is 10.2. The summed E-state index contributed by atoms with van der Waals surface area (Å²) in [6.07, 6.45) is 0. The summed E-state index contributed by atoms with van der Waals surface area (Å²) in [5.41, 5.74) is 6.36. The van der Waals surface area contributed by atoms with Crippen molar-refractivity contribution in [3.8, 4) is 0 Å². The monoisotopic (exact) mass is 368 g/mol. The second-order valence-electron chi connectivity index (χ2n) is 6.83. The number of hydrogen-bond acceptors (Lipinski definition) is 8. The van der Waals surface area contributed by atoms with Gasteiger partial charge in [-0.3, -0.25) is 9.69 Å². The van der Waals surface area contributed by atoms with E-state index in [2.05, 4.69) is 43.7 Å². The summed E-state index contributed by atoms with van der Waals surface area (Å²) < 4.78 is 0. The second-order valence-corrected chi connectivity index (χ2v) is 6.83. The van der Waals surface area contributed by atoms with Crippen LogP contribution in [0.1, 0.15) is 25.5 Å². The molecule has 0 unspecified atom stereocenters. The average molecular weight is 368 g/mol. The third-order valence-corrected chi connectivity index (χ3v) is 4.18. The molecule has 9 heteroatoms. The number of nitrogens with zero attached hydrogens (tertiary/aromatic N) is 6. The van der Waals surface area contributed by atoms with E-state index >= 15 is 0 Å². The summed E-state index contributed by atoms with van der Waals surface area (Å²) in [5, 5.41) is 0.582. The lowest BCUT2D eigenvalue weighted by Gasteiger charge is -2.25. The van der Waals surface area contributed by atoms with E-state index in [9.17, 15) is 4.79 Å². The molecule has 0 amide bonds. The quantitative estimate of drug-likeness (QED) is 0.666. The number of benzene rings is 1. The fourth-order valence-electron chi connectivity index (χ4n) is 2.70. The van der Waals surface area contributed by atoms with Gasteiger partial charge in [-0.2, -0.15) is 15.0 Å². The van der Waals surface area contributed by atoms with Crippen molar-refractivity contribution in [3.05, 3.63) is 46.3 Å². The van der Waals surface area contributed by atoms with Gasteiger partial charge in [0, 0.05) is 20.1 Å². The van der Waals surface area contributed by atoms with Gasteiger partial charge in [-0.25, -0.2) is 4.98 Å². The number of nitrogens with one attached hydrogen (secondary N) is 1. The number of aromatic nitrogens is 5. The van der Waals surface area contributed by atoms with Crippen molar-refractivity contribution in [2.75, 3.05) is 24.7 Å². The van der Waals surface area contributed by atoms with Crippen LogP contribution < -0.4 is 16.2 Å². The smallest absolute Gasteiger partial charge is 0.258 e. The first-order valence-corrected chi connectivity index (χ1v) is 8.73. The summed E-state index contributed by atoms with van der Waals surface area (Å²) in [6.45, 7) is 5.05. The molecule has 1 aromatic carbocycles. The lowest BCUT2D eigenvalue weighted by Crippen LogP contribution is -2.32. The number of anilines is 2. The predicted molar refractivity (Wildman–Crippen MR) is 105 cm³/mol. The Bertz CT molecular complexity index is 998. The van der Waals surface area contributed by atoms with Crippen molar-refractivity contribution in [2.45, 2.75) is 33.0 Å². The molecule has 0 aliphatic heterocycles. The van der Waals surface area contributed by atoms with E-state index in [1.807, 2.05) is 32.3 Å². The molecule has 0 saturated carbocycles. The Morgan fingerprint density at radius 3 is 2.52 bits per heavy atom. The van der Waals surface area contributed by atoms with Crippen LogP contribution in [0.5, 0.6) is 0 Å². The second kappa shape index (κ2) is 7.67. The fraction of sp³-hybridized carbons (Fsp3) is 0.389. The molecule has 0 spiro atoms. The number of para-hydroxylation sites is 1. The van der Waals surface area contributed by atoms with Gasteiger partial charge in [-0.1, -0.05) is 12.1 Å². The Kier molecular flexibility index (Phi) is 5.31. The average Bonchev–Trinajstić information content (AvgIpc) is 2.60. The van der Waals surface area contributed by atoms with Crippen molar-refractivity contribution in [3.63, 3.8) is 0 Å². The van der Waals surface area contributed by atoms with Crippen molar-refractivity contribution in [1.82, 2.24) is 29.8 Å². The van der Waals surface area contributed by atoms with Crippen LogP contribution in [0, 0.1) is 0 Å². The molecule has 3 N–H and O–H groups in total. The van der Waals surface area contributed by atoms with Crippen LogP contribution in [0.3, 0.4) is 0 Å². The first-order valence-electron chi connectivity index (χ1n) is 8.73.